The van der Waals surface area contributed by atoms with Gasteiger partial charge in [-0.2, -0.15) is 0 Å². The lowest BCUT2D eigenvalue weighted by atomic mass is 9.84. The third kappa shape index (κ3) is 4.49. The maximum absolute atomic E-state index is 12.9. The van der Waals surface area contributed by atoms with Gasteiger partial charge in [-0.25, -0.2) is 0 Å². The number of benzene rings is 2. The molecule has 0 spiro atoms. The van der Waals surface area contributed by atoms with Crippen molar-refractivity contribution in [1.82, 2.24) is 5.32 Å². The van der Waals surface area contributed by atoms with Crippen LogP contribution in [-0.4, -0.2) is 54.7 Å². The number of amides is 2. The average Bonchev–Trinajstić information content (AvgIpc) is 3.63. The lowest BCUT2D eigenvalue weighted by Crippen LogP contribution is -2.47. The second-order valence-electron chi connectivity index (χ2n) is 9.93. The summed E-state index contributed by atoms with van der Waals surface area (Å²) < 4.78 is 22.9. The molecule has 2 aromatic rings. The van der Waals surface area contributed by atoms with Crippen LogP contribution in [0.4, 0.5) is 5.69 Å². The van der Waals surface area contributed by atoms with Gasteiger partial charge in [-0.15, -0.1) is 0 Å². The molecule has 2 fully saturated rings. The van der Waals surface area contributed by atoms with Crippen LogP contribution in [0, 0.1) is 0 Å². The first-order valence-electron chi connectivity index (χ1n) is 12.6. The molecule has 2 aromatic carbocycles. The van der Waals surface area contributed by atoms with Gasteiger partial charge in [0, 0.05) is 28.8 Å². The predicted octanol–water partition coefficient (Wildman–Crippen LogP) is 3.11. The Morgan fingerprint density at radius 1 is 1.00 bits per heavy atom. The van der Waals surface area contributed by atoms with Crippen molar-refractivity contribution in [2.75, 3.05) is 18.7 Å². The minimum atomic E-state index is -0.521. The fourth-order valence-electron chi connectivity index (χ4n) is 5.77. The lowest BCUT2D eigenvalue weighted by molar-refractivity contribution is -0.142. The third-order valence-corrected chi connectivity index (χ3v) is 7.53. The first-order valence-corrected chi connectivity index (χ1v) is 12.6. The normalized spacial score (nSPS) is 26.1. The molecular weight excluding hydrogens is 464 g/mol. The highest BCUT2D eigenvalue weighted by molar-refractivity contribution is 6.04. The van der Waals surface area contributed by atoms with Gasteiger partial charge in [-0.05, 0) is 55.7 Å². The van der Waals surface area contributed by atoms with E-state index in [2.05, 4.69) is 10.6 Å². The summed E-state index contributed by atoms with van der Waals surface area (Å²) in [7, 11) is 0. The summed E-state index contributed by atoms with van der Waals surface area (Å²) in [4.78, 5) is 25.5. The molecule has 6 rings (SSSR count). The Labute approximate surface area is 209 Å². The van der Waals surface area contributed by atoms with Crippen LogP contribution in [0.15, 0.2) is 36.4 Å². The Kier molecular flexibility index (Phi) is 6.18. The van der Waals surface area contributed by atoms with Crippen molar-refractivity contribution in [3.8, 4) is 17.2 Å². The van der Waals surface area contributed by atoms with E-state index in [0.717, 1.165) is 31.2 Å². The Morgan fingerprint density at radius 2 is 1.81 bits per heavy atom. The van der Waals surface area contributed by atoms with Gasteiger partial charge >= 0.3 is 0 Å². The smallest absolute Gasteiger partial charge is 0.255 e. The van der Waals surface area contributed by atoms with Crippen molar-refractivity contribution >= 4 is 17.5 Å². The number of fused-ring (bicyclic) bond motifs is 4. The number of anilines is 1. The van der Waals surface area contributed by atoms with Crippen LogP contribution in [0.1, 0.15) is 60.4 Å². The molecule has 1 aliphatic carbocycles. The molecule has 3 aliphatic heterocycles. The number of rotatable bonds is 6. The number of carbonyl (C=O) groups excluding carboxylic acids is 2. The molecule has 3 N–H and O–H groups in total. The number of nitrogens with one attached hydrogen (secondary N) is 2. The summed E-state index contributed by atoms with van der Waals surface area (Å²) in [5.74, 6) is 1.57. The summed E-state index contributed by atoms with van der Waals surface area (Å²) >= 11 is 0. The summed E-state index contributed by atoms with van der Waals surface area (Å²) in [5.41, 5.74) is 2.06. The zero-order valence-corrected chi connectivity index (χ0v) is 19.9. The minimum Gasteiger partial charge on any atom is -0.487 e. The van der Waals surface area contributed by atoms with E-state index >= 15 is 0 Å². The topological polar surface area (TPSA) is 115 Å². The van der Waals surface area contributed by atoms with Crippen molar-refractivity contribution < 1.29 is 33.6 Å². The summed E-state index contributed by atoms with van der Waals surface area (Å²) in [5, 5.41) is 16.1. The van der Waals surface area contributed by atoms with Crippen LogP contribution in [0.5, 0.6) is 17.2 Å². The number of aliphatic hydroxyl groups excluding tert-OH is 1. The van der Waals surface area contributed by atoms with Crippen LogP contribution in [0.2, 0.25) is 0 Å². The number of ether oxygens (including phenoxy) is 4. The molecule has 36 heavy (non-hydrogen) atoms. The van der Waals surface area contributed by atoms with Crippen molar-refractivity contribution in [1.29, 1.82) is 0 Å². The number of hydrogen-bond donors (Lipinski definition) is 3. The fraction of sp³-hybridized carbons (Fsp3) is 0.481. The summed E-state index contributed by atoms with van der Waals surface area (Å²) in [6.45, 7) is -0.0425. The van der Waals surface area contributed by atoms with E-state index in [1.807, 2.05) is 12.1 Å². The predicted molar refractivity (Wildman–Crippen MR) is 129 cm³/mol. The first-order chi connectivity index (χ1) is 17.6. The zero-order valence-electron chi connectivity index (χ0n) is 19.9. The van der Waals surface area contributed by atoms with E-state index in [9.17, 15) is 14.7 Å². The quantitative estimate of drug-likeness (QED) is 0.565. The van der Waals surface area contributed by atoms with Crippen molar-refractivity contribution in [2.45, 2.75) is 68.8 Å². The van der Waals surface area contributed by atoms with Crippen molar-refractivity contribution in [3.63, 3.8) is 0 Å². The minimum absolute atomic E-state index is 0.00841. The van der Waals surface area contributed by atoms with E-state index in [1.54, 1.807) is 24.3 Å². The molecule has 4 atom stereocenters. The Hall–Kier alpha value is -3.30. The molecule has 0 bridgehead atoms. The van der Waals surface area contributed by atoms with Crippen LogP contribution in [0.3, 0.4) is 0 Å². The highest BCUT2D eigenvalue weighted by atomic mass is 16.7. The molecular formula is C27H30N2O7. The molecule has 9 nitrogen and oxygen atoms in total. The lowest BCUT2D eigenvalue weighted by Gasteiger charge is -2.37. The van der Waals surface area contributed by atoms with Gasteiger partial charge in [0.05, 0.1) is 19.1 Å². The number of aliphatic hydroxyl groups is 1. The van der Waals surface area contributed by atoms with E-state index in [-0.39, 0.29) is 55.8 Å². The van der Waals surface area contributed by atoms with Crippen LogP contribution < -0.4 is 24.8 Å². The Balaban J connectivity index is 1.16. The van der Waals surface area contributed by atoms with E-state index < -0.39 is 6.10 Å². The van der Waals surface area contributed by atoms with Crippen LogP contribution in [0.25, 0.3) is 0 Å². The summed E-state index contributed by atoms with van der Waals surface area (Å²) in [6, 6.07) is 10.9. The van der Waals surface area contributed by atoms with Gasteiger partial charge in [0.25, 0.3) is 5.91 Å². The van der Waals surface area contributed by atoms with E-state index in [4.69, 9.17) is 18.9 Å². The highest BCUT2D eigenvalue weighted by Gasteiger charge is 2.46. The highest BCUT2D eigenvalue weighted by Crippen LogP contribution is 2.47. The monoisotopic (exact) mass is 494 g/mol. The molecule has 4 aliphatic rings. The van der Waals surface area contributed by atoms with Gasteiger partial charge in [-0.1, -0.05) is 12.8 Å². The third-order valence-electron chi connectivity index (χ3n) is 7.53. The molecule has 9 heteroatoms. The molecule has 0 aromatic heterocycles. The SMILES string of the molecule is O=C(C[C@H]1C[C@@H]2c3cc(NC(=O)c4ccc5c(c4)OCO5)ccc3O[C@@H]2[C@@H](CO)O1)NC1CCCC1. The molecule has 1 saturated carbocycles. The molecule has 2 amide bonds. The second-order valence-corrected chi connectivity index (χ2v) is 9.93. The average molecular weight is 495 g/mol. The largest absolute Gasteiger partial charge is 0.487 e. The van der Waals surface area contributed by atoms with Crippen molar-refractivity contribution in [2.24, 2.45) is 0 Å². The van der Waals surface area contributed by atoms with Gasteiger partial charge in [0.2, 0.25) is 12.7 Å². The first kappa shape index (κ1) is 23.1. The molecule has 1 saturated heterocycles. The molecule has 0 radical (unpaired) electrons. The Morgan fingerprint density at radius 3 is 2.64 bits per heavy atom. The van der Waals surface area contributed by atoms with Gasteiger partial charge in [0.15, 0.2) is 11.5 Å². The maximum Gasteiger partial charge on any atom is 0.255 e. The number of hydrogen-bond acceptors (Lipinski definition) is 7. The zero-order chi connectivity index (χ0) is 24.6. The van der Waals surface area contributed by atoms with E-state index in [1.165, 1.54) is 0 Å². The standard InChI is InChI=1S/C27H30N2O7/c30-13-24-26-20(11-18(35-24)12-25(31)28-16-3-1-2-4-16)19-10-17(6-8-21(19)36-26)29-27(32)15-5-7-22-23(9-15)34-14-33-22/h5-10,16,18,20,24,26,30H,1-4,11-14H2,(H,28,31)(H,29,32)/t18-,20-,24-,26+/m1/s1. The van der Waals surface area contributed by atoms with Gasteiger partial charge in [-0.3, -0.25) is 9.59 Å². The fourth-order valence-corrected chi connectivity index (χ4v) is 5.77. The van der Waals surface area contributed by atoms with Gasteiger partial charge < -0.3 is 34.7 Å². The molecule has 0 unspecified atom stereocenters. The Bertz CT molecular complexity index is 1160. The molecule has 190 valence electrons. The van der Waals surface area contributed by atoms with Crippen molar-refractivity contribution in [3.05, 3.63) is 47.5 Å². The second kappa shape index (κ2) is 9.63. The van der Waals surface area contributed by atoms with Crippen LogP contribution >= 0.6 is 0 Å². The number of carbonyl (C=O) groups is 2. The van der Waals surface area contributed by atoms with Gasteiger partial charge in [0.1, 0.15) is 18.0 Å². The van der Waals surface area contributed by atoms with Crippen LogP contribution in [-0.2, 0) is 9.53 Å². The molecule has 3 heterocycles. The maximum atomic E-state index is 12.9. The summed E-state index contributed by atoms with van der Waals surface area (Å²) in [6.07, 6.45) is 4.06. The van der Waals surface area contributed by atoms with E-state index in [0.29, 0.717) is 34.9 Å².